The number of carbonyl (C=O) groups excluding carboxylic acids is 2. The highest BCUT2D eigenvalue weighted by molar-refractivity contribution is 7.13. The maximum atomic E-state index is 12.6. The highest BCUT2D eigenvalue weighted by Gasteiger charge is 2.17. The fourth-order valence-corrected chi connectivity index (χ4v) is 2.88. The van der Waals surface area contributed by atoms with E-state index in [2.05, 4.69) is 10.3 Å². The predicted molar refractivity (Wildman–Crippen MR) is 99.3 cm³/mol. The van der Waals surface area contributed by atoms with Crippen molar-refractivity contribution in [2.75, 3.05) is 5.32 Å². The summed E-state index contributed by atoms with van der Waals surface area (Å²) in [6.07, 6.45) is 0.372. The average Bonchev–Trinajstić information content (AvgIpc) is 3.18. The summed E-state index contributed by atoms with van der Waals surface area (Å²) in [5, 5.41) is 4.12. The van der Waals surface area contributed by atoms with Crippen LogP contribution in [-0.2, 0) is 16.1 Å². The van der Waals surface area contributed by atoms with E-state index in [9.17, 15) is 14.4 Å². The first-order valence-corrected chi connectivity index (χ1v) is 8.75. The van der Waals surface area contributed by atoms with E-state index in [0.717, 1.165) is 10.3 Å². The fraction of sp³-hybridized carbons (Fsp3) is 0.111. The zero-order valence-electron chi connectivity index (χ0n) is 14.2. The van der Waals surface area contributed by atoms with Gasteiger partial charge in [0.1, 0.15) is 12.3 Å². The quantitative estimate of drug-likeness (QED) is 0.725. The topological polar surface area (TPSA) is 99.5 Å². The van der Waals surface area contributed by atoms with Crippen LogP contribution in [0.1, 0.15) is 12.5 Å². The van der Waals surface area contributed by atoms with Crippen molar-refractivity contribution >= 4 is 29.1 Å². The number of nitrogens with zero attached hydrogens (tertiary/aromatic N) is 2. The molecule has 0 saturated carbocycles. The van der Waals surface area contributed by atoms with Gasteiger partial charge in [0.05, 0.1) is 11.1 Å². The Hall–Kier alpha value is -3.46. The minimum Gasteiger partial charge on any atom is -0.444 e. The molecule has 0 aliphatic rings. The number of hydrogen-bond acceptors (Lipinski definition) is 7. The lowest BCUT2D eigenvalue weighted by molar-refractivity contribution is -0.141. The van der Waals surface area contributed by atoms with Gasteiger partial charge in [0, 0.05) is 6.92 Å². The molecule has 3 aromatic rings. The second-order valence-electron chi connectivity index (χ2n) is 5.34. The Kier molecular flexibility index (Phi) is 5.62. The standard InChI is InChI=1S/C18H15N3O5S/c1-12(22)26-21-16(15-8-5-9-27-15)19-10-14(17(21)23)20-18(24)25-11-13-6-3-2-4-7-13/h2-10H,11H2,1H3,(H,20,24). The lowest BCUT2D eigenvalue weighted by Gasteiger charge is -2.11. The molecule has 2 aromatic heterocycles. The number of anilines is 1. The maximum absolute atomic E-state index is 12.6. The normalized spacial score (nSPS) is 10.3. The largest absolute Gasteiger partial charge is 0.444 e. The van der Waals surface area contributed by atoms with Crippen LogP contribution in [0.5, 0.6) is 0 Å². The third kappa shape index (κ3) is 4.59. The molecule has 1 N–H and O–H groups in total. The highest BCUT2D eigenvalue weighted by atomic mass is 32.1. The number of thiophene rings is 1. The minimum absolute atomic E-state index is 0.0471. The molecule has 0 bridgehead atoms. The molecule has 3 rings (SSSR count). The monoisotopic (exact) mass is 385 g/mol. The summed E-state index contributed by atoms with van der Waals surface area (Å²) in [5.41, 5.74) is -0.106. The predicted octanol–water partition coefficient (Wildman–Crippen LogP) is 2.70. The van der Waals surface area contributed by atoms with Crippen molar-refractivity contribution in [1.82, 2.24) is 9.71 Å². The molecular weight excluding hydrogens is 370 g/mol. The summed E-state index contributed by atoms with van der Waals surface area (Å²) >= 11 is 1.33. The van der Waals surface area contributed by atoms with Crippen LogP contribution in [0.4, 0.5) is 10.5 Å². The molecule has 0 radical (unpaired) electrons. The summed E-state index contributed by atoms with van der Waals surface area (Å²) in [4.78, 5) is 45.7. The third-order valence-electron chi connectivity index (χ3n) is 3.33. The van der Waals surface area contributed by atoms with Crippen molar-refractivity contribution in [1.29, 1.82) is 0 Å². The van der Waals surface area contributed by atoms with Crippen LogP contribution in [0.2, 0.25) is 0 Å². The highest BCUT2D eigenvalue weighted by Crippen LogP contribution is 2.21. The van der Waals surface area contributed by atoms with Crippen molar-refractivity contribution in [3.63, 3.8) is 0 Å². The molecule has 9 heteroatoms. The molecule has 1 aromatic carbocycles. The number of carbonyl (C=O) groups is 2. The Bertz CT molecular complexity index is 1000. The molecule has 27 heavy (non-hydrogen) atoms. The molecule has 8 nitrogen and oxygen atoms in total. The number of aromatic nitrogens is 2. The van der Waals surface area contributed by atoms with Crippen molar-refractivity contribution in [3.8, 4) is 10.7 Å². The Balaban J connectivity index is 1.80. The molecule has 0 spiro atoms. The SMILES string of the molecule is CC(=O)On1c(-c2cccs2)ncc(NC(=O)OCc2ccccc2)c1=O. The Morgan fingerprint density at radius 1 is 1.19 bits per heavy atom. The Labute approximate surface area is 158 Å². The van der Waals surface area contributed by atoms with Crippen molar-refractivity contribution < 1.29 is 19.2 Å². The van der Waals surface area contributed by atoms with Gasteiger partial charge in [0.15, 0.2) is 5.82 Å². The van der Waals surface area contributed by atoms with Gasteiger partial charge in [0.25, 0.3) is 0 Å². The molecule has 0 aliphatic heterocycles. The van der Waals surface area contributed by atoms with Gasteiger partial charge in [-0.1, -0.05) is 36.4 Å². The molecule has 1 amide bonds. The lowest BCUT2D eigenvalue weighted by atomic mass is 10.2. The fourth-order valence-electron chi connectivity index (χ4n) is 2.18. The van der Waals surface area contributed by atoms with Gasteiger partial charge in [-0.25, -0.2) is 14.6 Å². The van der Waals surface area contributed by atoms with Crippen LogP contribution in [0.3, 0.4) is 0 Å². The minimum atomic E-state index is -0.823. The number of benzene rings is 1. The Morgan fingerprint density at radius 2 is 1.96 bits per heavy atom. The number of nitrogens with one attached hydrogen (secondary N) is 1. The van der Waals surface area contributed by atoms with E-state index in [1.807, 2.05) is 18.2 Å². The maximum Gasteiger partial charge on any atom is 0.412 e. The van der Waals surface area contributed by atoms with E-state index >= 15 is 0 Å². The van der Waals surface area contributed by atoms with Gasteiger partial charge >= 0.3 is 17.6 Å². The smallest absolute Gasteiger partial charge is 0.412 e. The van der Waals surface area contributed by atoms with E-state index in [4.69, 9.17) is 9.57 Å². The van der Waals surface area contributed by atoms with Gasteiger partial charge < -0.3 is 9.57 Å². The van der Waals surface area contributed by atoms with Crippen molar-refractivity contribution in [2.45, 2.75) is 13.5 Å². The van der Waals surface area contributed by atoms with E-state index in [1.54, 1.807) is 29.6 Å². The first-order chi connectivity index (χ1) is 13.0. The van der Waals surface area contributed by atoms with Gasteiger partial charge in [-0.05, 0) is 17.0 Å². The third-order valence-corrected chi connectivity index (χ3v) is 4.20. The summed E-state index contributed by atoms with van der Waals surface area (Å²) in [6.45, 7) is 1.21. The van der Waals surface area contributed by atoms with Gasteiger partial charge in [0.2, 0.25) is 0 Å². The van der Waals surface area contributed by atoms with E-state index < -0.39 is 17.6 Å². The van der Waals surface area contributed by atoms with E-state index in [0.29, 0.717) is 4.88 Å². The zero-order valence-corrected chi connectivity index (χ0v) is 15.1. The first kappa shape index (κ1) is 18.3. The second-order valence-corrected chi connectivity index (χ2v) is 6.29. The summed E-state index contributed by atoms with van der Waals surface area (Å²) < 4.78 is 5.83. The molecule has 0 fully saturated rings. The zero-order chi connectivity index (χ0) is 19.2. The first-order valence-electron chi connectivity index (χ1n) is 7.87. The van der Waals surface area contributed by atoms with Crippen LogP contribution >= 0.6 is 11.3 Å². The van der Waals surface area contributed by atoms with Crippen LogP contribution in [0, 0.1) is 0 Å². The molecule has 0 saturated heterocycles. The number of hydrogen-bond donors (Lipinski definition) is 1. The molecular formula is C18H15N3O5S. The lowest BCUT2D eigenvalue weighted by Crippen LogP contribution is -2.34. The number of ether oxygens (including phenoxy) is 1. The summed E-state index contributed by atoms with van der Waals surface area (Å²) in [5.74, 6) is -0.533. The van der Waals surface area contributed by atoms with Crippen LogP contribution in [0.25, 0.3) is 10.7 Å². The van der Waals surface area contributed by atoms with E-state index in [1.165, 1.54) is 24.5 Å². The molecule has 0 unspecified atom stereocenters. The molecule has 0 aliphatic carbocycles. The second kappa shape index (κ2) is 8.28. The van der Waals surface area contributed by atoms with Gasteiger partial charge in [-0.3, -0.25) is 10.1 Å². The van der Waals surface area contributed by atoms with E-state index in [-0.39, 0.29) is 18.1 Å². The average molecular weight is 385 g/mol. The van der Waals surface area contributed by atoms with Crippen LogP contribution in [-0.4, -0.2) is 21.8 Å². The Morgan fingerprint density at radius 3 is 2.63 bits per heavy atom. The summed E-state index contributed by atoms with van der Waals surface area (Å²) in [7, 11) is 0. The molecule has 138 valence electrons. The van der Waals surface area contributed by atoms with Gasteiger partial charge in [-0.15, -0.1) is 16.1 Å². The van der Waals surface area contributed by atoms with Gasteiger partial charge in [-0.2, -0.15) is 0 Å². The van der Waals surface area contributed by atoms with Crippen molar-refractivity contribution in [3.05, 3.63) is 70.0 Å². The number of rotatable bonds is 5. The van der Waals surface area contributed by atoms with Crippen LogP contribution in [0.15, 0.2) is 58.8 Å². The summed E-state index contributed by atoms with van der Waals surface area (Å²) in [6, 6.07) is 12.6. The number of amides is 1. The van der Waals surface area contributed by atoms with Crippen molar-refractivity contribution in [2.24, 2.45) is 0 Å². The van der Waals surface area contributed by atoms with Crippen LogP contribution < -0.4 is 15.7 Å². The molecule has 0 atom stereocenters. The molecule has 2 heterocycles.